The van der Waals surface area contributed by atoms with Crippen LogP contribution >= 0.6 is 11.6 Å². The highest BCUT2D eigenvalue weighted by atomic mass is 35.5. The second-order valence-electron chi connectivity index (χ2n) is 3.96. The number of ether oxygens (including phenoxy) is 2. The Bertz CT molecular complexity index is 429. The van der Waals surface area contributed by atoms with Gasteiger partial charge in [-0.2, -0.15) is 0 Å². The van der Waals surface area contributed by atoms with Crippen LogP contribution in [0.25, 0.3) is 0 Å². The quantitative estimate of drug-likeness (QED) is 0.901. The molecule has 1 aromatic carbocycles. The molecule has 3 nitrogen and oxygen atoms in total. The molecule has 0 amide bonds. The lowest BCUT2D eigenvalue weighted by Crippen LogP contribution is -2.09. The molecule has 0 saturated carbocycles. The largest absolute Gasteiger partial charge is 0.501 e. The van der Waals surface area contributed by atoms with Crippen LogP contribution in [-0.2, 0) is 4.74 Å². The van der Waals surface area contributed by atoms with Crippen molar-refractivity contribution < 1.29 is 14.6 Å². The molecule has 1 atom stereocenters. The van der Waals surface area contributed by atoms with Crippen molar-refractivity contribution in [3.05, 3.63) is 40.6 Å². The van der Waals surface area contributed by atoms with E-state index >= 15 is 0 Å². The standard InChI is InChI=1S/C13H15ClO3/c1-16-12-5-4-10(14)7-11(12)13(15)9-3-2-6-17-8-9/h4-5,7-8,13,15H,2-3,6H2,1H3. The molecule has 0 saturated heterocycles. The second-order valence-corrected chi connectivity index (χ2v) is 4.39. The summed E-state index contributed by atoms with van der Waals surface area (Å²) in [7, 11) is 1.57. The summed E-state index contributed by atoms with van der Waals surface area (Å²) in [5.41, 5.74) is 1.54. The van der Waals surface area contributed by atoms with Crippen LogP contribution in [0.1, 0.15) is 24.5 Å². The number of aliphatic hydroxyl groups excluding tert-OH is 1. The Morgan fingerprint density at radius 3 is 2.94 bits per heavy atom. The fourth-order valence-corrected chi connectivity index (χ4v) is 2.08. The fourth-order valence-electron chi connectivity index (χ4n) is 1.90. The van der Waals surface area contributed by atoms with E-state index in [2.05, 4.69) is 0 Å². The molecule has 0 spiro atoms. The first-order valence-electron chi connectivity index (χ1n) is 5.54. The smallest absolute Gasteiger partial charge is 0.125 e. The Hall–Kier alpha value is -1.19. The molecule has 0 aliphatic carbocycles. The summed E-state index contributed by atoms with van der Waals surface area (Å²) in [6.45, 7) is 0.711. The lowest BCUT2D eigenvalue weighted by atomic mass is 9.97. The van der Waals surface area contributed by atoms with Gasteiger partial charge in [-0.05, 0) is 36.6 Å². The molecule has 1 heterocycles. The summed E-state index contributed by atoms with van der Waals surface area (Å²) in [6.07, 6.45) is 2.67. The van der Waals surface area contributed by atoms with E-state index in [1.807, 2.05) is 0 Å². The Balaban J connectivity index is 2.31. The van der Waals surface area contributed by atoms with E-state index in [-0.39, 0.29) is 0 Å². The average Bonchev–Trinajstić information content (AvgIpc) is 2.39. The number of methoxy groups -OCH3 is 1. The van der Waals surface area contributed by atoms with Gasteiger partial charge >= 0.3 is 0 Å². The molecule has 92 valence electrons. The molecule has 1 N–H and O–H groups in total. The van der Waals surface area contributed by atoms with Gasteiger partial charge in [-0.25, -0.2) is 0 Å². The van der Waals surface area contributed by atoms with Crippen LogP contribution in [0.2, 0.25) is 5.02 Å². The van der Waals surface area contributed by atoms with Gasteiger partial charge in [0.2, 0.25) is 0 Å². The fraction of sp³-hybridized carbons (Fsp3) is 0.385. The van der Waals surface area contributed by atoms with Crippen molar-refractivity contribution in [2.45, 2.75) is 18.9 Å². The van der Waals surface area contributed by atoms with Crippen molar-refractivity contribution >= 4 is 11.6 Å². The maximum absolute atomic E-state index is 10.3. The summed E-state index contributed by atoms with van der Waals surface area (Å²) in [6, 6.07) is 5.22. The molecule has 0 aromatic heterocycles. The van der Waals surface area contributed by atoms with Gasteiger partial charge in [-0.3, -0.25) is 0 Å². The minimum absolute atomic E-state index is 0.581. The molecule has 4 heteroatoms. The molecule has 1 aliphatic rings. The first-order chi connectivity index (χ1) is 8.22. The summed E-state index contributed by atoms with van der Waals surface area (Å²) in [5, 5.41) is 10.9. The Labute approximate surface area is 106 Å². The van der Waals surface area contributed by atoms with Crippen molar-refractivity contribution in [2.24, 2.45) is 0 Å². The predicted octanol–water partition coefficient (Wildman–Crippen LogP) is 3.08. The molecule has 0 radical (unpaired) electrons. The van der Waals surface area contributed by atoms with Crippen LogP contribution in [0.5, 0.6) is 5.75 Å². The summed E-state index contributed by atoms with van der Waals surface area (Å²) in [5.74, 6) is 0.633. The normalized spacial score (nSPS) is 17.0. The Kier molecular flexibility index (Phi) is 3.92. The lowest BCUT2D eigenvalue weighted by molar-refractivity contribution is 0.168. The van der Waals surface area contributed by atoms with Gasteiger partial charge < -0.3 is 14.6 Å². The minimum atomic E-state index is -0.719. The Morgan fingerprint density at radius 2 is 2.29 bits per heavy atom. The highest BCUT2D eigenvalue weighted by Crippen LogP contribution is 2.34. The second kappa shape index (κ2) is 5.43. The van der Waals surface area contributed by atoms with E-state index in [4.69, 9.17) is 21.1 Å². The lowest BCUT2D eigenvalue weighted by Gasteiger charge is -2.21. The molecule has 0 fully saturated rings. The third-order valence-corrected chi connectivity index (χ3v) is 3.03. The van der Waals surface area contributed by atoms with E-state index in [1.165, 1.54) is 0 Å². The zero-order valence-corrected chi connectivity index (χ0v) is 10.4. The van der Waals surface area contributed by atoms with Crippen LogP contribution < -0.4 is 4.74 Å². The molecule has 17 heavy (non-hydrogen) atoms. The maximum Gasteiger partial charge on any atom is 0.125 e. The third-order valence-electron chi connectivity index (χ3n) is 2.80. The van der Waals surface area contributed by atoms with E-state index in [0.717, 1.165) is 18.4 Å². The predicted molar refractivity (Wildman–Crippen MR) is 66.2 cm³/mol. The van der Waals surface area contributed by atoms with E-state index in [1.54, 1.807) is 31.6 Å². The number of rotatable bonds is 3. The van der Waals surface area contributed by atoms with Crippen molar-refractivity contribution in [3.63, 3.8) is 0 Å². The highest BCUT2D eigenvalue weighted by molar-refractivity contribution is 6.30. The van der Waals surface area contributed by atoms with Gasteiger partial charge in [-0.15, -0.1) is 0 Å². The van der Waals surface area contributed by atoms with Crippen molar-refractivity contribution in [1.82, 2.24) is 0 Å². The molecule has 1 unspecified atom stereocenters. The number of hydrogen-bond donors (Lipinski definition) is 1. The van der Waals surface area contributed by atoms with Crippen molar-refractivity contribution in [2.75, 3.05) is 13.7 Å². The first-order valence-corrected chi connectivity index (χ1v) is 5.92. The monoisotopic (exact) mass is 254 g/mol. The van der Waals surface area contributed by atoms with E-state index in [9.17, 15) is 5.11 Å². The summed E-state index contributed by atoms with van der Waals surface area (Å²) < 4.78 is 10.5. The zero-order chi connectivity index (χ0) is 12.3. The molecular formula is C13H15ClO3. The van der Waals surface area contributed by atoms with Crippen LogP contribution in [0.3, 0.4) is 0 Å². The highest BCUT2D eigenvalue weighted by Gasteiger charge is 2.20. The molecular weight excluding hydrogens is 240 g/mol. The van der Waals surface area contributed by atoms with Crippen LogP contribution in [0.15, 0.2) is 30.0 Å². The van der Waals surface area contributed by atoms with Gasteiger partial charge in [0.1, 0.15) is 11.9 Å². The van der Waals surface area contributed by atoms with E-state index in [0.29, 0.717) is 22.9 Å². The van der Waals surface area contributed by atoms with E-state index < -0.39 is 6.10 Å². The number of hydrogen-bond acceptors (Lipinski definition) is 3. The average molecular weight is 255 g/mol. The van der Waals surface area contributed by atoms with Gasteiger partial charge in [0, 0.05) is 10.6 Å². The molecule has 2 rings (SSSR count). The van der Waals surface area contributed by atoms with Crippen LogP contribution in [-0.4, -0.2) is 18.8 Å². The van der Waals surface area contributed by atoms with Crippen molar-refractivity contribution in [1.29, 1.82) is 0 Å². The van der Waals surface area contributed by atoms with Crippen LogP contribution in [0, 0.1) is 0 Å². The van der Waals surface area contributed by atoms with Gasteiger partial charge in [0.05, 0.1) is 20.0 Å². The van der Waals surface area contributed by atoms with Gasteiger partial charge in [0.15, 0.2) is 0 Å². The number of halogens is 1. The number of benzene rings is 1. The zero-order valence-electron chi connectivity index (χ0n) is 9.65. The summed E-state index contributed by atoms with van der Waals surface area (Å²) >= 11 is 5.94. The third kappa shape index (κ3) is 2.73. The molecule has 0 bridgehead atoms. The molecule has 1 aliphatic heterocycles. The number of aliphatic hydroxyl groups is 1. The summed E-state index contributed by atoms with van der Waals surface area (Å²) in [4.78, 5) is 0. The minimum Gasteiger partial charge on any atom is -0.501 e. The SMILES string of the molecule is COc1ccc(Cl)cc1C(O)C1=COCCC1. The van der Waals surface area contributed by atoms with Crippen molar-refractivity contribution in [3.8, 4) is 5.75 Å². The van der Waals surface area contributed by atoms with Gasteiger partial charge in [0.25, 0.3) is 0 Å². The molecule has 1 aromatic rings. The van der Waals surface area contributed by atoms with Gasteiger partial charge in [-0.1, -0.05) is 11.6 Å². The topological polar surface area (TPSA) is 38.7 Å². The Morgan fingerprint density at radius 1 is 1.47 bits per heavy atom. The van der Waals surface area contributed by atoms with Crippen LogP contribution in [0.4, 0.5) is 0 Å². The maximum atomic E-state index is 10.3. The first kappa shape index (κ1) is 12.3.